The molecule has 5 nitrogen and oxygen atoms in total. The minimum Gasteiger partial charge on any atom is -0.349 e. The van der Waals surface area contributed by atoms with Gasteiger partial charge < -0.3 is 14.7 Å². The standard InChI is InChI=1S/C16H27FN4O/c1-5-13-16(22)20(4)14(10-19(3)11(2)17)15(18)21(13)12-8-6-7-9-12/h10-13,18H,5-9H2,1-4H3/b14-10+,18-15?/t11?,13-/m1/s1. The van der Waals surface area contributed by atoms with E-state index in [1.165, 1.54) is 16.7 Å². The highest BCUT2D eigenvalue weighted by Crippen LogP contribution is 2.31. The molecular formula is C16H27FN4O. The molecule has 1 N–H and O–H groups in total. The van der Waals surface area contributed by atoms with Crippen molar-refractivity contribution in [3.8, 4) is 0 Å². The lowest BCUT2D eigenvalue weighted by Crippen LogP contribution is -2.60. The normalized spacial score (nSPS) is 27.0. The van der Waals surface area contributed by atoms with Crippen LogP contribution in [0.3, 0.4) is 0 Å². The summed E-state index contributed by atoms with van der Waals surface area (Å²) in [6, 6.07) is -0.0162. The van der Waals surface area contributed by atoms with Gasteiger partial charge in [-0.05, 0) is 26.2 Å². The molecule has 2 rings (SSSR count). The molecule has 1 amide bonds. The molecule has 0 bridgehead atoms. The Hall–Kier alpha value is -1.59. The number of carbonyl (C=O) groups excluding carboxylic acids is 1. The van der Waals surface area contributed by atoms with Gasteiger partial charge in [0.2, 0.25) is 5.91 Å². The van der Waals surface area contributed by atoms with Crippen molar-refractivity contribution in [1.29, 1.82) is 5.41 Å². The number of likely N-dealkylation sites (N-methyl/N-ethyl adjacent to an activating group) is 1. The Morgan fingerprint density at radius 3 is 2.55 bits per heavy atom. The van der Waals surface area contributed by atoms with E-state index in [4.69, 9.17) is 5.41 Å². The lowest BCUT2D eigenvalue weighted by molar-refractivity contribution is -0.134. The van der Waals surface area contributed by atoms with E-state index in [2.05, 4.69) is 0 Å². The van der Waals surface area contributed by atoms with Gasteiger partial charge in [0, 0.05) is 26.3 Å². The second-order valence-corrected chi connectivity index (χ2v) is 6.27. The number of alkyl halides is 1. The fourth-order valence-electron chi connectivity index (χ4n) is 3.34. The molecule has 1 unspecified atom stereocenters. The maximum atomic E-state index is 13.4. The molecule has 2 aliphatic rings. The van der Waals surface area contributed by atoms with E-state index in [0.717, 1.165) is 25.7 Å². The first-order chi connectivity index (χ1) is 10.4. The highest BCUT2D eigenvalue weighted by atomic mass is 19.1. The number of amides is 1. The van der Waals surface area contributed by atoms with E-state index in [1.807, 2.05) is 11.8 Å². The third-order valence-corrected chi connectivity index (χ3v) is 4.81. The lowest BCUT2D eigenvalue weighted by atomic mass is 10.0. The number of hydrogen-bond acceptors (Lipinski definition) is 3. The topological polar surface area (TPSA) is 50.6 Å². The number of hydrogen-bond donors (Lipinski definition) is 1. The molecule has 1 saturated heterocycles. The molecule has 0 spiro atoms. The third kappa shape index (κ3) is 2.96. The Morgan fingerprint density at radius 1 is 1.45 bits per heavy atom. The molecule has 1 saturated carbocycles. The van der Waals surface area contributed by atoms with Crippen LogP contribution in [0, 0.1) is 5.41 Å². The molecule has 2 fully saturated rings. The third-order valence-electron chi connectivity index (χ3n) is 4.81. The van der Waals surface area contributed by atoms with E-state index in [1.54, 1.807) is 20.3 Å². The number of rotatable bonds is 4. The minimum atomic E-state index is -1.16. The van der Waals surface area contributed by atoms with Crippen molar-refractivity contribution in [3.05, 3.63) is 11.9 Å². The Kier molecular flexibility index (Phi) is 5.08. The Bertz CT molecular complexity index is 471. The molecule has 0 aromatic carbocycles. The molecule has 0 radical (unpaired) electrons. The van der Waals surface area contributed by atoms with Crippen molar-refractivity contribution in [2.45, 2.75) is 64.3 Å². The van der Waals surface area contributed by atoms with Crippen LogP contribution in [0.5, 0.6) is 0 Å². The van der Waals surface area contributed by atoms with Gasteiger partial charge in [-0.2, -0.15) is 0 Å². The predicted octanol–water partition coefficient (Wildman–Crippen LogP) is 2.55. The number of halogens is 1. The van der Waals surface area contributed by atoms with Crippen LogP contribution in [0.25, 0.3) is 0 Å². The molecular weight excluding hydrogens is 283 g/mol. The van der Waals surface area contributed by atoms with Crippen LogP contribution < -0.4 is 0 Å². The van der Waals surface area contributed by atoms with Crippen molar-refractivity contribution >= 4 is 11.7 Å². The summed E-state index contributed by atoms with van der Waals surface area (Å²) in [7, 11) is 3.29. The first kappa shape index (κ1) is 16.8. The van der Waals surface area contributed by atoms with Gasteiger partial charge in [0.1, 0.15) is 17.6 Å². The van der Waals surface area contributed by atoms with Crippen LogP contribution in [0.1, 0.15) is 46.0 Å². The van der Waals surface area contributed by atoms with E-state index >= 15 is 0 Å². The molecule has 22 heavy (non-hydrogen) atoms. The minimum absolute atomic E-state index is 0.00318. The van der Waals surface area contributed by atoms with Gasteiger partial charge >= 0.3 is 0 Å². The summed E-state index contributed by atoms with van der Waals surface area (Å²) in [6.45, 7) is 3.42. The van der Waals surface area contributed by atoms with Gasteiger partial charge in [-0.25, -0.2) is 4.39 Å². The zero-order valence-electron chi connectivity index (χ0n) is 14.0. The van der Waals surface area contributed by atoms with Crippen LogP contribution in [0.2, 0.25) is 0 Å². The van der Waals surface area contributed by atoms with Crippen LogP contribution in [0.15, 0.2) is 11.9 Å². The van der Waals surface area contributed by atoms with Crippen molar-refractivity contribution in [2.24, 2.45) is 0 Å². The number of nitrogens with one attached hydrogen (secondary N) is 1. The average Bonchev–Trinajstić information content (AvgIpc) is 3.00. The summed E-state index contributed by atoms with van der Waals surface area (Å²) < 4.78 is 13.4. The van der Waals surface area contributed by atoms with Crippen LogP contribution in [-0.2, 0) is 4.79 Å². The van der Waals surface area contributed by atoms with Gasteiger partial charge in [-0.3, -0.25) is 10.2 Å². The van der Waals surface area contributed by atoms with E-state index < -0.39 is 6.30 Å². The highest BCUT2D eigenvalue weighted by Gasteiger charge is 2.42. The smallest absolute Gasteiger partial charge is 0.249 e. The highest BCUT2D eigenvalue weighted by molar-refractivity contribution is 6.05. The van der Waals surface area contributed by atoms with Crippen LogP contribution in [0.4, 0.5) is 4.39 Å². The number of amidine groups is 1. The summed E-state index contributed by atoms with van der Waals surface area (Å²) in [5.41, 5.74) is 0.480. The number of piperazine rings is 1. The van der Waals surface area contributed by atoms with Crippen molar-refractivity contribution in [3.63, 3.8) is 0 Å². The van der Waals surface area contributed by atoms with Crippen LogP contribution >= 0.6 is 0 Å². The largest absolute Gasteiger partial charge is 0.349 e. The van der Waals surface area contributed by atoms with Crippen LogP contribution in [-0.4, -0.2) is 58.9 Å². The zero-order valence-corrected chi connectivity index (χ0v) is 14.0. The molecule has 1 heterocycles. The second-order valence-electron chi connectivity index (χ2n) is 6.27. The summed E-state index contributed by atoms with van der Waals surface area (Å²) in [6.07, 6.45) is 5.44. The first-order valence-corrected chi connectivity index (χ1v) is 8.11. The first-order valence-electron chi connectivity index (χ1n) is 8.11. The Labute approximate surface area is 132 Å². The van der Waals surface area contributed by atoms with Gasteiger partial charge in [-0.1, -0.05) is 19.8 Å². The maximum Gasteiger partial charge on any atom is 0.249 e. The van der Waals surface area contributed by atoms with Crippen molar-refractivity contribution in [2.75, 3.05) is 14.1 Å². The molecule has 0 aromatic rings. The maximum absolute atomic E-state index is 13.4. The number of carbonyl (C=O) groups is 1. The zero-order chi connectivity index (χ0) is 16.4. The SMILES string of the molecule is CC[C@@H]1C(=O)N(C)/C(=C/N(C)C(C)F)C(=N)N1C1CCCC1. The van der Waals surface area contributed by atoms with E-state index in [-0.39, 0.29) is 18.0 Å². The van der Waals surface area contributed by atoms with E-state index in [9.17, 15) is 9.18 Å². The van der Waals surface area contributed by atoms with Gasteiger partial charge in [0.05, 0.1) is 0 Å². The van der Waals surface area contributed by atoms with Gasteiger partial charge in [-0.15, -0.1) is 0 Å². The summed E-state index contributed by atoms with van der Waals surface area (Å²) in [5, 5.41) is 8.57. The quantitative estimate of drug-likeness (QED) is 0.812. The fraction of sp³-hybridized carbons (Fsp3) is 0.750. The Morgan fingerprint density at radius 2 is 2.05 bits per heavy atom. The fourth-order valence-corrected chi connectivity index (χ4v) is 3.34. The van der Waals surface area contributed by atoms with Crippen molar-refractivity contribution in [1.82, 2.24) is 14.7 Å². The second kappa shape index (κ2) is 6.67. The molecule has 6 heteroatoms. The summed E-state index contributed by atoms with van der Waals surface area (Å²) >= 11 is 0. The predicted molar refractivity (Wildman–Crippen MR) is 85.1 cm³/mol. The molecule has 124 valence electrons. The number of nitrogens with zero attached hydrogens (tertiary/aromatic N) is 3. The Balaban J connectivity index is 2.35. The van der Waals surface area contributed by atoms with Gasteiger partial charge in [0.15, 0.2) is 6.30 Å². The van der Waals surface area contributed by atoms with E-state index in [0.29, 0.717) is 18.0 Å². The monoisotopic (exact) mass is 310 g/mol. The average molecular weight is 310 g/mol. The van der Waals surface area contributed by atoms with Crippen molar-refractivity contribution < 1.29 is 9.18 Å². The molecule has 1 aliphatic heterocycles. The molecule has 2 atom stereocenters. The summed E-state index contributed by atoms with van der Waals surface area (Å²) in [4.78, 5) is 17.5. The lowest BCUT2D eigenvalue weighted by Gasteiger charge is -2.45. The molecule has 1 aliphatic carbocycles. The summed E-state index contributed by atoms with van der Waals surface area (Å²) in [5.74, 6) is 0.338. The van der Waals surface area contributed by atoms with Gasteiger partial charge in [0.25, 0.3) is 0 Å². The molecule has 0 aromatic heterocycles.